The van der Waals surface area contributed by atoms with E-state index in [1.54, 1.807) is 26.4 Å². The quantitative estimate of drug-likeness (QED) is 0.382. The first-order valence-corrected chi connectivity index (χ1v) is 7.33. The SMILES string of the molecule is C=C/C(=C\C=C(/C=C)C(C)(C)/C(C=C)=C/C=C(\C=C)OC)OC. The Balaban J connectivity index is 5.86. The number of hydrogen-bond acceptors (Lipinski definition) is 2. The minimum atomic E-state index is -0.281. The van der Waals surface area contributed by atoms with E-state index in [0.29, 0.717) is 11.5 Å². The zero-order valence-corrected chi connectivity index (χ0v) is 14.8. The summed E-state index contributed by atoms with van der Waals surface area (Å²) in [6, 6.07) is 0. The normalized spacial score (nSPS) is 14.1. The molecule has 0 saturated heterocycles. The lowest BCUT2D eigenvalue weighted by Crippen LogP contribution is -2.16. The minimum Gasteiger partial charge on any atom is -0.497 e. The van der Waals surface area contributed by atoms with Crippen LogP contribution in [0.15, 0.2) is 97.6 Å². The second-order valence-corrected chi connectivity index (χ2v) is 5.23. The fourth-order valence-electron chi connectivity index (χ4n) is 2.01. The van der Waals surface area contributed by atoms with E-state index in [2.05, 4.69) is 40.2 Å². The molecule has 0 N–H and O–H groups in total. The smallest absolute Gasteiger partial charge is 0.118 e. The van der Waals surface area contributed by atoms with E-state index >= 15 is 0 Å². The third-order valence-electron chi connectivity index (χ3n) is 3.61. The molecule has 0 fully saturated rings. The summed E-state index contributed by atoms with van der Waals surface area (Å²) in [6.07, 6.45) is 14.7. The largest absolute Gasteiger partial charge is 0.497 e. The fourth-order valence-corrected chi connectivity index (χ4v) is 2.01. The Morgan fingerprint density at radius 3 is 1.22 bits per heavy atom. The van der Waals surface area contributed by atoms with Gasteiger partial charge in [0, 0.05) is 5.41 Å². The molecule has 0 radical (unpaired) electrons. The van der Waals surface area contributed by atoms with Gasteiger partial charge in [-0.25, -0.2) is 0 Å². The lowest BCUT2D eigenvalue weighted by atomic mass is 9.76. The van der Waals surface area contributed by atoms with Gasteiger partial charge in [-0.3, -0.25) is 0 Å². The van der Waals surface area contributed by atoms with Gasteiger partial charge in [0.2, 0.25) is 0 Å². The van der Waals surface area contributed by atoms with Gasteiger partial charge in [-0.2, -0.15) is 0 Å². The van der Waals surface area contributed by atoms with Crippen LogP contribution in [0.1, 0.15) is 13.8 Å². The van der Waals surface area contributed by atoms with Crippen LogP contribution in [0.3, 0.4) is 0 Å². The Hall–Kier alpha value is -2.48. The van der Waals surface area contributed by atoms with E-state index in [4.69, 9.17) is 9.47 Å². The van der Waals surface area contributed by atoms with E-state index < -0.39 is 0 Å². The molecule has 0 aromatic rings. The van der Waals surface area contributed by atoms with E-state index in [9.17, 15) is 0 Å². The van der Waals surface area contributed by atoms with Crippen molar-refractivity contribution in [3.8, 4) is 0 Å². The lowest BCUT2D eigenvalue weighted by molar-refractivity contribution is 0.307. The van der Waals surface area contributed by atoms with Crippen molar-refractivity contribution in [2.24, 2.45) is 5.41 Å². The van der Waals surface area contributed by atoms with Gasteiger partial charge >= 0.3 is 0 Å². The summed E-state index contributed by atoms with van der Waals surface area (Å²) >= 11 is 0. The molecule has 0 aliphatic rings. The van der Waals surface area contributed by atoms with E-state index in [1.165, 1.54) is 0 Å². The average molecular weight is 312 g/mol. The van der Waals surface area contributed by atoms with Crippen molar-refractivity contribution in [3.05, 3.63) is 97.6 Å². The van der Waals surface area contributed by atoms with Gasteiger partial charge in [-0.1, -0.05) is 64.5 Å². The van der Waals surface area contributed by atoms with E-state index in [-0.39, 0.29) is 5.41 Å². The molecule has 0 amide bonds. The van der Waals surface area contributed by atoms with E-state index in [1.807, 2.05) is 36.5 Å². The van der Waals surface area contributed by atoms with Crippen LogP contribution >= 0.6 is 0 Å². The molecule has 0 aromatic heterocycles. The van der Waals surface area contributed by atoms with Gasteiger partial charge in [-0.05, 0) is 35.5 Å². The highest BCUT2D eigenvalue weighted by Gasteiger charge is 2.24. The first kappa shape index (κ1) is 20.5. The summed E-state index contributed by atoms with van der Waals surface area (Å²) in [5, 5.41) is 0. The summed E-state index contributed by atoms with van der Waals surface area (Å²) in [4.78, 5) is 0. The standard InChI is InChI=1S/C21H28O2/c1-9-17(13-15-19(11-3)22-7)21(5,6)18(10-2)14-16-20(12-4)23-8/h9-16H,1-4H2,5-8H3/b17-13+,18-14+,19-15+,20-16+. The van der Waals surface area contributed by atoms with Gasteiger partial charge in [-0.15, -0.1) is 0 Å². The Bertz CT molecular complexity index is 517. The van der Waals surface area contributed by atoms with Crippen LogP contribution in [-0.2, 0) is 9.47 Å². The zero-order chi connectivity index (χ0) is 17.9. The second kappa shape index (κ2) is 10.3. The maximum absolute atomic E-state index is 5.19. The van der Waals surface area contributed by atoms with Gasteiger partial charge in [0.05, 0.1) is 14.2 Å². The van der Waals surface area contributed by atoms with Crippen molar-refractivity contribution in [1.29, 1.82) is 0 Å². The van der Waals surface area contributed by atoms with Crippen LogP contribution in [-0.4, -0.2) is 14.2 Å². The summed E-state index contributed by atoms with van der Waals surface area (Å²) in [5.74, 6) is 1.38. The first-order chi connectivity index (χ1) is 10.9. The minimum absolute atomic E-state index is 0.281. The molecular formula is C21H28O2. The number of hydrogen-bond donors (Lipinski definition) is 0. The van der Waals surface area contributed by atoms with E-state index in [0.717, 1.165) is 11.1 Å². The third-order valence-corrected chi connectivity index (χ3v) is 3.61. The van der Waals surface area contributed by atoms with Crippen LogP contribution in [0, 0.1) is 5.41 Å². The molecule has 0 spiro atoms. The van der Waals surface area contributed by atoms with Crippen LogP contribution in [0.2, 0.25) is 0 Å². The molecule has 0 saturated carbocycles. The Labute approximate surface area is 141 Å². The number of allylic oxidation sites excluding steroid dienone is 10. The molecule has 0 bridgehead atoms. The number of ether oxygens (including phenoxy) is 2. The molecule has 124 valence electrons. The van der Waals surface area contributed by atoms with Gasteiger partial charge in [0.25, 0.3) is 0 Å². The Kier molecular flexibility index (Phi) is 9.17. The predicted molar refractivity (Wildman–Crippen MR) is 101 cm³/mol. The first-order valence-electron chi connectivity index (χ1n) is 7.33. The molecule has 2 heteroatoms. The summed E-state index contributed by atoms with van der Waals surface area (Å²) in [6.45, 7) is 19.5. The fraction of sp³-hybridized carbons (Fsp3) is 0.238. The second-order valence-electron chi connectivity index (χ2n) is 5.23. The van der Waals surface area contributed by atoms with Crippen molar-refractivity contribution in [2.45, 2.75) is 13.8 Å². The molecule has 2 nitrogen and oxygen atoms in total. The highest BCUT2D eigenvalue weighted by atomic mass is 16.5. The number of rotatable bonds is 10. The van der Waals surface area contributed by atoms with Crippen molar-refractivity contribution >= 4 is 0 Å². The zero-order valence-electron chi connectivity index (χ0n) is 14.8. The molecular weight excluding hydrogens is 284 g/mol. The Morgan fingerprint density at radius 2 is 1.00 bits per heavy atom. The molecule has 0 rings (SSSR count). The van der Waals surface area contributed by atoms with Gasteiger partial charge in [0.15, 0.2) is 0 Å². The maximum atomic E-state index is 5.19. The number of methoxy groups -OCH3 is 2. The molecule has 0 aromatic carbocycles. The summed E-state index contributed by atoms with van der Waals surface area (Å²) in [7, 11) is 3.23. The van der Waals surface area contributed by atoms with Gasteiger partial charge < -0.3 is 9.47 Å². The lowest BCUT2D eigenvalue weighted by Gasteiger charge is -2.28. The molecule has 0 aliphatic heterocycles. The topological polar surface area (TPSA) is 18.5 Å². The predicted octanol–water partition coefficient (Wildman–Crippen LogP) is 5.67. The molecule has 0 aliphatic carbocycles. The molecule has 23 heavy (non-hydrogen) atoms. The maximum Gasteiger partial charge on any atom is 0.118 e. The van der Waals surface area contributed by atoms with Crippen LogP contribution in [0.5, 0.6) is 0 Å². The monoisotopic (exact) mass is 312 g/mol. The molecule has 0 atom stereocenters. The van der Waals surface area contributed by atoms with Crippen LogP contribution < -0.4 is 0 Å². The van der Waals surface area contributed by atoms with Crippen LogP contribution in [0.4, 0.5) is 0 Å². The van der Waals surface area contributed by atoms with Crippen molar-refractivity contribution in [3.63, 3.8) is 0 Å². The van der Waals surface area contributed by atoms with Crippen molar-refractivity contribution in [2.75, 3.05) is 14.2 Å². The highest BCUT2D eigenvalue weighted by molar-refractivity contribution is 5.42. The van der Waals surface area contributed by atoms with Gasteiger partial charge in [0.1, 0.15) is 11.5 Å². The Morgan fingerprint density at radius 1 is 0.652 bits per heavy atom. The van der Waals surface area contributed by atoms with Crippen molar-refractivity contribution < 1.29 is 9.47 Å². The average Bonchev–Trinajstić information content (AvgIpc) is 2.55. The molecule has 0 unspecified atom stereocenters. The van der Waals surface area contributed by atoms with Crippen LogP contribution in [0.25, 0.3) is 0 Å². The summed E-state index contributed by atoms with van der Waals surface area (Å²) < 4.78 is 10.4. The highest BCUT2D eigenvalue weighted by Crippen LogP contribution is 2.36. The third kappa shape index (κ3) is 6.03. The summed E-state index contributed by atoms with van der Waals surface area (Å²) in [5.41, 5.74) is 1.79. The van der Waals surface area contributed by atoms with Crippen molar-refractivity contribution in [1.82, 2.24) is 0 Å². The molecule has 0 heterocycles.